The highest BCUT2D eigenvalue weighted by Crippen LogP contribution is 2.29. The van der Waals surface area contributed by atoms with Gasteiger partial charge in [0.1, 0.15) is 0 Å². The number of nitrogens with two attached hydrogens (primary N) is 1. The Labute approximate surface area is 111 Å². The monoisotopic (exact) mass is 272 g/mol. The second kappa shape index (κ2) is 5.92. The third-order valence-corrected chi connectivity index (χ3v) is 3.87. The summed E-state index contributed by atoms with van der Waals surface area (Å²) in [5.74, 6) is -3.73. The number of hydrogen-bond donors (Lipinski definition) is 1. The number of piperidine rings is 1. The van der Waals surface area contributed by atoms with Gasteiger partial charge in [0.25, 0.3) is 0 Å². The molecule has 1 saturated heterocycles. The molecule has 0 bridgehead atoms. The quantitative estimate of drug-likeness (QED) is 0.857. The van der Waals surface area contributed by atoms with Crippen LogP contribution in [-0.4, -0.2) is 24.0 Å². The second-order valence-electron chi connectivity index (χ2n) is 5.13. The standard InChI is InChI=1S/C14H19F3N2/c1-9-4-2-3-5-19(9)13(8-18)10-6-11(15)14(17)12(16)7-10/h6-7,9,13H,2-5,8,18H2,1H3. The zero-order valence-electron chi connectivity index (χ0n) is 11.0. The number of rotatable bonds is 3. The third kappa shape index (κ3) is 2.92. The molecule has 0 amide bonds. The zero-order chi connectivity index (χ0) is 14.0. The first kappa shape index (κ1) is 14.3. The van der Waals surface area contributed by atoms with Crippen molar-refractivity contribution in [2.75, 3.05) is 13.1 Å². The van der Waals surface area contributed by atoms with Gasteiger partial charge in [-0.2, -0.15) is 0 Å². The van der Waals surface area contributed by atoms with Crippen LogP contribution in [0, 0.1) is 17.5 Å². The summed E-state index contributed by atoms with van der Waals surface area (Å²) in [5, 5.41) is 0. The molecule has 0 saturated carbocycles. The van der Waals surface area contributed by atoms with Gasteiger partial charge < -0.3 is 5.73 Å². The lowest BCUT2D eigenvalue weighted by Crippen LogP contribution is -2.43. The largest absolute Gasteiger partial charge is 0.329 e. The Hall–Kier alpha value is -1.07. The Kier molecular flexibility index (Phi) is 4.47. The molecule has 2 nitrogen and oxygen atoms in total. The molecule has 1 heterocycles. The Morgan fingerprint density at radius 2 is 1.89 bits per heavy atom. The molecule has 0 aromatic heterocycles. The summed E-state index contributed by atoms with van der Waals surface area (Å²) in [7, 11) is 0. The van der Waals surface area contributed by atoms with Crippen LogP contribution in [0.4, 0.5) is 13.2 Å². The van der Waals surface area contributed by atoms with Gasteiger partial charge in [-0.15, -0.1) is 0 Å². The lowest BCUT2D eigenvalue weighted by molar-refractivity contribution is 0.108. The first-order valence-electron chi connectivity index (χ1n) is 6.65. The fourth-order valence-electron chi connectivity index (χ4n) is 2.81. The fourth-order valence-corrected chi connectivity index (χ4v) is 2.81. The van der Waals surface area contributed by atoms with Crippen molar-refractivity contribution in [1.29, 1.82) is 0 Å². The molecule has 1 fully saturated rings. The van der Waals surface area contributed by atoms with E-state index in [4.69, 9.17) is 5.73 Å². The van der Waals surface area contributed by atoms with Crippen LogP contribution in [0.25, 0.3) is 0 Å². The van der Waals surface area contributed by atoms with E-state index in [9.17, 15) is 13.2 Å². The van der Waals surface area contributed by atoms with Gasteiger partial charge in [-0.25, -0.2) is 13.2 Å². The van der Waals surface area contributed by atoms with E-state index in [0.717, 1.165) is 37.9 Å². The van der Waals surface area contributed by atoms with Crippen molar-refractivity contribution >= 4 is 0 Å². The van der Waals surface area contributed by atoms with Crippen molar-refractivity contribution in [2.24, 2.45) is 5.73 Å². The van der Waals surface area contributed by atoms with Crippen molar-refractivity contribution < 1.29 is 13.2 Å². The van der Waals surface area contributed by atoms with E-state index in [1.54, 1.807) is 0 Å². The van der Waals surface area contributed by atoms with Crippen molar-refractivity contribution in [3.05, 3.63) is 35.1 Å². The maximum absolute atomic E-state index is 13.3. The van der Waals surface area contributed by atoms with E-state index >= 15 is 0 Å². The summed E-state index contributed by atoms with van der Waals surface area (Å²) in [5.41, 5.74) is 6.17. The van der Waals surface area contributed by atoms with E-state index in [0.29, 0.717) is 11.6 Å². The number of halogens is 3. The van der Waals surface area contributed by atoms with Crippen LogP contribution in [0.3, 0.4) is 0 Å². The number of hydrogen-bond acceptors (Lipinski definition) is 2. The maximum Gasteiger partial charge on any atom is 0.194 e. The van der Waals surface area contributed by atoms with E-state index in [1.165, 1.54) is 0 Å². The third-order valence-electron chi connectivity index (χ3n) is 3.87. The van der Waals surface area contributed by atoms with E-state index in [-0.39, 0.29) is 12.6 Å². The maximum atomic E-state index is 13.3. The average Bonchev–Trinajstić information content (AvgIpc) is 2.39. The summed E-state index contributed by atoms with van der Waals surface area (Å²) >= 11 is 0. The summed E-state index contributed by atoms with van der Waals surface area (Å²) in [6.07, 6.45) is 3.25. The van der Waals surface area contributed by atoms with Crippen LogP contribution in [0.2, 0.25) is 0 Å². The van der Waals surface area contributed by atoms with Crippen molar-refractivity contribution in [3.8, 4) is 0 Å². The minimum atomic E-state index is -1.42. The Balaban J connectivity index is 2.31. The average molecular weight is 272 g/mol. The Morgan fingerprint density at radius 3 is 2.42 bits per heavy atom. The topological polar surface area (TPSA) is 29.3 Å². The normalized spacial score (nSPS) is 22.5. The van der Waals surface area contributed by atoms with Crippen molar-refractivity contribution in [3.63, 3.8) is 0 Å². The molecule has 1 aromatic rings. The minimum Gasteiger partial charge on any atom is -0.329 e. The van der Waals surface area contributed by atoms with Crippen LogP contribution < -0.4 is 5.73 Å². The summed E-state index contributed by atoms with van der Waals surface area (Å²) in [4.78, 5) is 2.15. The van der Waals surface area contributed by atoms with Gasteiger partial charge >= 0.3 is 0 Å². The van der Waals surface area contributed by atoms with E-state index < -0.39 is 17.5 Å². The van der Waals surface area contributed by atoms with E-state index in [2.05, 4.69) is 11.8 Å². The zero-order valence-corrected chi connectivity index (χ0v) is 11.0. The predicted octanol–water partition coefficient (Wildman–Crippen LogP) is 2.98. The summed E-state index contributed by atoms with van der Waals surface area (Å²) in [6, 6.07) is 2.16. The molecule has 0 spiro atoms. The number of benzene rings is 1. The molecule has 1 aromatic carbocycles. The molecule has 2 N–H and O–H groups in total. The second-order valence-corrected chi connectivity index (χ2v) is 5.13. The van der Waals surface area contributed by atoms with Gasteiger partial charge in [0.2, 0.25) is 0 Å². The predicted molar refractivity (Wildman–Crippen MR) is 68.1 cm³/mol. The van der Waals surface area contributed by atoms with Gasteiger partial charge in [0.15, 0.2) is 17.5 Å². The highest BCUT2D eigenvalue weighted by Gasteiger charge is 2.27. The molecule has 5 heteroatoms. The van der Waals surface area contributed by atoms with Gasteiger partial charge in [0.05, 0.1) is 0 Å². The fraction of sp³-hybridized carbons (Fsp3) is 0.571. The molecular formula is C14H19F3N2. The number of likely N-dealkylation sites (tertiary alicyclic amines) is 1. The highest BCUT2D eigenvalue weighted by atomic mass is 19.2. The molecule has 2 unspecified atom stereocenters. The van der Waals surface area contributed by atoms with Gasteiger partial charge in [-0.05, 0) is 44.0 Å². The van der Waals surface area contributed by atoms with Crippen LogP contribution in [0.15, 0.2) is 12.1 Å². The van der Waals surface area contributed by atoms with Crippen LogP contribution in [0.1, 0.15) is 37.8 Å². The Bertz CT molecular complexity index is 427. The minimum absolute atomic E-state index is 0.259. The van der Waals surface area contributed by atoms with Gasteiger partial charge in [0, 0.05) is 18.6 Å². The first-order chi connectivity index (χ1) is 9.04. The Morgan fingerprint density at radius 1 is 1.26 bits per heavy atom. The molecule has 0 radical (unpaired) electrons. The van der Waals surface area contributed by atoms with Crippen LogP contribution in [-0.2, 0) is 0 Å². The van der Waals surface area contributed by atoms with E-state index in [1.807, 2.05) is 0 Å². The highest BCUT2D eigenvalue weighted by molar-refractivity contribution is 5.23. The molecular weight excluding hydrogens is 253 g/mol. The molecule has 2 atom stereocenters. The lowest BCUT2D eigenvalue weighted by atomic mass is 9.97. The summed E-state index contributed by atoms with van der Waals surface area (Å²) in [6.45, 7) is 3.19. The molecule has 1 aliphatic rings. The first-order valence-corrected chi connectivity index (χ1v) is 6.65. The van der Waals surface area contributed by atoms with Gasteiger partial charge in [-0.1, -0.05) is 6.42 Å². The number of nitrogens with zero attached hydrogens (tertiary/aromatic N) is 1. The van der Waals surface area contributed by atoms with Crippen LogP contribution in [0.5, 0.6) is 0 Å². The van der Waals surface area contributed by atoms with Crippen molar-refractivity contribution in [2.45, 2.75) is 38.3 Å². The molecule has 2 rings (SSSR count). The SMILES string of the molecule is CC1CCCCN1C(CN)c1cc(F)c(F)c(F)c1. The van der Waals surface area contributed by atoms with Crippen LogP contribution >= 0.6 is 0 Å². The van der Waals surface area contributed by atoms with Crippen molar-refractivity contribution in [1.82, 2.24) is 4.90 Å². The molecule has 106 valence electrons. The molecule has 1 aliphatic heterocycles. The molecule has 19 heavy (non-hydrogen) atoms. The smallest absolute Gasteiger partial charge is 0.194 e. The van der Waals surface area contributed by atoms with Gasteiger partial charge in [-0.3, -0.25) is 4.90 Å². The summed E-state index contributed by atoms with van der Waals surface area (Å²) < 4.78 is 39.7. The molecule has 0 aliphatic carbocycles. The lowest BCUT2D eigenvalue weighted by Gasteiger charge is -2.39.